The van der Waals surface area contributed by atoms with Crippen LogP contribution in [0.15, 0.2) is 54.3 Å². The topological polar surface area (TPSA) is 43.6 Å². The molecule has 0 atom stereocenters. The second-order valence-electron chi connectivity index (χ2n) is 5.81. The van der Waals surface area contributed by atoms with E-state index >= 15 is 0 Å². The number of imidazole rings is 1. The first kappa shape index (κ1) is 15.0. The Morgan fingerprint density at radius 1 is 1.08 bits per heavy atom. The zero-order valence-electron chi connectivity index (χ0n) is 13.5. The lowest BCUT2D eigenvalue weighted by Crippen LogP contribution is -2.01. The van der Waals surface area contributed by atoms with Gasteiger partial charge < -0.3 is 4.57 Å². The molecule has 4 aromatic rings. The normalized spacial score (nSPS) is 11.2. The van der Waals surface area contributed by atoms with Gasteiger partial charge in [-0.2, -0.15) is 0 Å². The van der Waals surface area contributed by atoms with Crippen molar-refractivity contribution in [3.63, 3.8) is 0 Å². The van der Waals surface area contributed by atoms with E-state index in [4.69, 9.17) is 0 Å². The molecule has 0 fully saturated rings. The third-order valence-electron chi connectivity index (χ3n) is 4.06. The number of aryl methyl sites for hydroxylation is 3. The zero-order valence-corrected chi connectivity index (χ0v) is 14.3. The van der Waals surface area contributed by atoms with E-state index in [-0.39, 0.29) is 0 Å². The highest BCUT2D eigenvalue weighted by Crippen LogP contribution is 2.26. The average molecular weight is 334 g/mol. The monoisotopic (exact) mass is 334 g/mol. The molecule has 4 rings (SSSR count). The number of hydrogen-bond acceptors (Lipinski definition) is 4. The van der Waals surface area contributed by atoms with Crippen molar-refractivity contribution in [2.45, 2.75) is 26.3 Å². The summed E-state index contributed by atoms with van der Waals surface area (Å²) in [6.45, 7) is 2.98. The van der Waals surface area contributed by atoms with Crippen LogP contribution in [0.3, 0.4) is 0 Å². The minimum atomic E-state index is 0.935. The van der Waals surface area contributed by atoms with Crippen LogP contribution in [0, 0.1) is 6.92 Å². The van der Waals surface area contributed by atoms with Gasteiger partial charge in [0.1, 0.15) is 5.82 Å². The molecule has 0 radical (unpaired) electrons. The minimum Gasteiger partial charge on any atom is -0.331 e. The predicted octanol–water partition coefficient (Wildman–Crippen LogP) is 4.50. The molecule has 120 valence electrons. The van der Waals surface area contributed by atoms with Crippen molar-refractivity contribution < 1.29 is 0 Å². The van der Waals surface area contributed by atoms with E-state index < -0.39 is 0 Å². The lowest BCUT2D eigenvalue weighted by atomic mass is 10.1. The van der Waals surface area contributed by atoms with Gasteiger partial charge in [-0.1, -0.05) is 18.2 Å². The maximum absolute atomic E-state index is 4.59. The molecule has 5 heteroatoms. The van der Waals surface area contributed by atoms with Gasteiger partial charge >= 0.3 is 0 Å². The molecule has 0 spiro atoms. The fourth-order valence-electron chi connectivity index (χ4n) is 2.95. The van der Waals surface area contributed by atoms with E-state index in [1.807, 2.05) is 37.5 Å². The molecule has 0 saturated carbocycles. The third-order valence-corrected chi connectivity index (χ3v) is 5.08. The van der Waals surface area contributed by atoms with Crippen LogP contribution < -0.4 is 0 Å². The Morgan fingerprint density at radius 2 is 2.04 bits per heavy atom. The van der Waals surface area contributed by atoms with E-state index in [1.165, 1.54) is 5.01 Å². The summed E-state index contributed by atoms with van der Waals surface area (Å²) in [5.74, 6) is 1.00. The number of aromatic nitrogens is 4. The van der Waals surface area contributed by atoms with Gasteiger partial charge in [0.05, 0.1) is 10.5 Å². The number of thiazole rings is 1. The quantitative estimate of drug-likeness (QED) is 0.540. The zero-order chi connectivity index (χ0) is 16.4. The molecule has 0 bridgehead atoms. The summed E-state index contributed by atoms with van der Waals surface area (Å²) < 4.78 is 2.22. The first-order valence-corrected chi connectivity index (χ1v) is 8.95. The SMILES string of the molecule is Cc1csc(CCCn2ccnc2-c2cccc3ncccc23)n1. The van der Waals surface area contributed by atoms with E-state index in [0.29, 0.717) is 0 Å². The lowest BCUT2D eigenvalue weighted by Gasteiger charge is -2.09. The summed E-state index contributed by atoms with van der Waals surface area (Å²) in [6.07, 6.45) is 7.82. The number of fused-ring (bicyclic) bond motifs is 1. The first-order valence-electron chi connectivity index (χ1n) is 8.07. The molecule has 0 saturated heterocycles. The lowest BCUT2D eigenvalue weighted by molar-refractivity contribution is 0.646. The highest BCUT2D eigenvalue weighted by Gasteiger charge is 2.10. The van der Waals surface area contributed by atoms with Crippen molar-refractivity contribution >= 4 is 22.2 Å². The third kappa shape index (κ3) is 2.95. The fourth-order valence-corrected chi connectivity index (χ4v) is 3.77. The van der Waals surface area contributed by atoms with Gasteiger partial charge in [0.15, 0.2) is 0 Å². The summed E-state index contributed by atoms with van der Waals surface area (Å²) in [7, 11) is 0. The Kier molecular flexibility index (Phi) is 4.09. The molecule has 3 aromatic heterocycles. The van der Waals surface area contributed by atoms with Gasteiger partial charge in [-0.3, -0.25) is 4.98 Å². The molecule has 4 nitrogen and oxygen atoms in total. The van der Waals surface area contributed by atoms with Crippen LogP contribution >= 0.6 is 11.3 Å². The highest BCUT2D eigenvalue weighted by molar-refractivity contribution is 7.09. The van der Waals surface area contributed by atoms with Crippen molar-refractivity contribution in [3.05, 3.63) is 65.0 Å². The maximum Gasteiger partial charge on any atom is 0.140 e. The maximum atomic E-state index is 4.59. The van der Waals surface area contributed by atoms with Crippen molar-refractivity contribution in [1.82, 2.24) is 19.5 Å². The summed E-state index contributed by atoms with van der Waals surface area (Å²) in [6, 6.07) is 10.3. The van der Waals surface area contributed by atoms with Crippen LogP contribution in [0.5, 0.6) is 0 Å². The molecular weight excluding hydrogens is 316 g/mol. The van der Waals surface area contributed by atoms with Crippen LogP contribution in [0.2, 0.25) is 0 Å². The van der Waals surface area contributed by atoms with E-state index in [9.17, 15) is 0 Å². The van der Waals surface area contributed by atoms with E-state index in [2.05, 4.69) is 43.2 Å². The van der Waals surface area contributed by atoms with Crippen LogP contribution in [0.1, 0.15) is 17.1 Å². The van der Waals surface area contributed by atoms with Crippen molar-refractivity contribution in [2.75, 3.05) is 0 Å². The Hall–Kier alpha value is -2.53. The molecule has 1 aromatic carbocycles. The first-order chi connectivity index (χ1) is 11.8. The Balaban J connectivity index is 1.58. The van der Waals surface area contributed by atoms with Gasteiger partial charge in [0, 0.05) is 53.6 Å². The number of hydrogen-bond donors (Lipinski definition) is 0. The van der Waals surface area contributed by atoms with Crippen LogP contribution in [0.25, 0.3) is 22.3 Å². The number of pyridine rings is 1. The summed E-state index contributed by atoms with van der Waals surface area (Å²) >= 11 is 1.74. The molecule has 0 N–H and O–H groups in total. The van der Waals surface area contributed by atoms with Crippen LogP contribution in [0.4, 0.5) is 0 Å². The number of nitrogens with zero attached hydrogens (tertiary/aromatic N) is 4. The summed E-state index contributed by atoms with van der Waals surface area (Å²) in [5, 5.41) is 4.47. The van der Waals surface area contributed by atoms with Crippen LogP contribution in [-0.2, 0) is 13.0 Å². The Morgan fingerprint density at radius 3 is 2.92 bits per heavy atom. The Bertz CT molecular complexity index is 965. The van der Waals surface area contributed by atoms with Crippen molar-refractivity contribution in [3.8, 4) is 11.4 Å². The van der Waals surface area contributed by atoms with Crippen molar-refractivity contribution in [1.29, 1.82) is 0 Å². The molecule has 0 aliphatic rings. The molecule has 0 aliphatic heterocycles. The van der Waals surface area contributed by atoms with Gasteiger partial charge in [-0.05, 0) is 25.5 Å². The second-order valence-corrected chi connectivity index (χ2v) is 6.75. The van der Waals surface area contributed by atoms with Gasteiger partial charge in [0.25, 0.3) is 0 Å². The van der Waals surface area contributed by atoms with Gasteiger partial charge in [0.2, 0.25) is 0 Å². The van der Waals surface area contributed by atoms with Gasteiger partial charge in [-0.25, -0.2) is 9.97 Å². The molecule has 24 heavy (non-hydrogen) atoms. The van der Waals surface area contributed by atoms with Crippen LogP contribution in [-0.4, -0.2) is 19.5 Å². The number of benzene rings is 1. The highest BCUT2D eigenvalue weighted by atomic mass is 32.1. The summed E-state index contributed by atoms with van der Waals surface area (Å²) in [5.41, 5.74) is 3.25. The standard InChI is InChI=1S/C19H18N4S/c1-14-13-24-18(22-14)8-4-11-23-12-10-21-19(23)16-5-2-7-17-15(16)6-3-9-20-17/h2-3,5-7,9-10,12-13H,4,8,11H2,1H3. The smallest absolute Gasteiger partial charge is 0.140 e. The summed E-state index contributed by atoms with van der Waals surface area (Å²) in [4.78, 5) is 13.6. The minimum absolute atomic E-state index is 0.935. The van der Waals surface area contributed by atoms with Crippen molar-refractivity contribution in [2.24, 2.45) is 0 Å². The molecular formula is C19H18N4S. The predicted molar refractivity (Wildman–Crippen MR) is 98.1 cm³/mol. The molecule has 3 heterocycles. The Labute approximate surface area is 144 Å². The second kappa shape index (κ2) is 6.53. The van der Waals surface area contributed by atoms with Gasteiger partial charge in [-0.15, -0.1) is 11.3 Å². The number of rotatable bonds is 5. The fraction of sp³-hybridized carbons (Fsp3) is 0.211. The molecule has 0 amide bonds. The van der Waals surface area contributed by atoms with E-state index in [0.717, 1.165) is 47.4 Å². The molecule has 0 unspecified atom stereocenters. The largest absolute Gasteiger partial charge is 0.331 e. The van der Waals surface area contributed by atoms with E-state index in [1.54, 1.807) is 11.3 Å². The molecule has 0 aliphatic carbocycles. The average Bonchev–Trinajstić information content (AvgIpc) is 3.23.